The van der Waals surface area contributed by atoms with Crippen molar-refractivity contribution in [3.05, 3.63) is 88.6 Å². The second-order valence-electron chi connectivity index (χ2n) is 10.3. The first-order chi connectivity index (χ1) is 18.5. The maximum absolute atomic E-state index is 12.9. The van der Waals surface area contributed by atoms with E-state index in [-0.39, 0.29) is 22.9 Å². The number of aromatic nitrogens is 1. The summed E-state index contributed by atoms with van der Waals surface area (Å²) in [4.78, 5) is 6.64. The molecule has 1 aliphatic carbocycles. The summed E-state index contributed by atoms with van der Waals surface area (Å²) in [6, 6.07) is 22.4. The van der Waals surface area contributed by atoms with Gasteiger partial charge in [-0.1, -0.05) is 42.5 Å². The van der Waals surface area contributed by atoms with Crippen LogP contribution in [0.3, 0.4) is 0 Å². The zero-order valence-electron chi connectivity index (χ0n) is 21.0. The number of rotatable bonds is 5. The summed E-state index contributed by atoms with van der Waals surface area (Å²) >= 11 is 0. The number of nitrogens with zero attached hydrogens (tertiary/aromatic N) is 4. The van der Waals surface area contributed by atoms with Crippen LogP contribution in [0, 0.1) is 28.6 Å². The van der Waals surface area contributed by atoms with E-state index in [1.807, 2.05) is 36.4 Å². The minimum absolute atomic E-state index is 0.0461. The summed E-state index contributed by atoms with van der Waals surface area (Å²) in [6.07, 6.45) is 0.948. The van der Waals surface area contributed by atoms with Gasteiger partial charge in [0.05, 0.1) is 30.4 Å². The predicted molar refractivity (Wildman–Crippen MR) is 137 cm³/mol. The third kappa shape index (κ3) is 3.28. The van der Waals surface area contributed by atoms with E-state index in [0.717, 1.165) is 31.5 Å². The molecule has 1 saturated heterocycles. The lowest BCUT2D eigenvalue weighted by atomic mass is 9.70. The molecule has 0 radical (unpaired) electrons. The van der Waals surface area contributed by atoms with Crippen LogP contribution >= 0.6 is 0 Å². The molecule has 192 valence electrons. The lowest BCUT2D eigenvalue weighted by Crippen LogP contribution is -2.52. The molecular formula is C30H28N4O4. The van der Waals surface area contributed by atoms with Gasteiger partial charge in [-0.2, -0.15) is 10.5 Å². The summed E-state index contributed by atoms with van der Waals surface area (Å²) in [7, 11) is 1.42. The van der Waals surface area contributed by atoms with Crippen LogP contribution in [0.1, 0.15) is 46.7 Å². The molecule has 2 fully saturated rings. The van der Waals surface area contributed by atoms with Gasteiger partial charge in [-0.25, -0.2) is 4.98 Å². The Labute approximate surface area is 221 Å². The molecule has 38 heavy (non-hydrogen) atoms. The van der Waals surface area contributed by atoms with Gasteiger partial charge in [0.25, 0.3) is 0 Å². The van der Waals surface area contributed by atoms with Gasteiger partial charge in [0, 0.05) is 24.4 Å². The number of hydrogen-bond donors (Lipinski definition) is 2. The van der Waals surface area contributed by atoms with Gasteiger partial charge < -0.3 is 24.6 Å². The molecule has 8 heteroatoms. The molecule has 1 saturated carbocycles. The van der Waals surface area contributed by atoms with E-state index in [1.54, 1.807) is 24.3 Å². The van der Waals surface area contributed by atoms with Gasteiger partial charge in [-0.05, 0) is 49.2 Å². The van der Waals surface area contributed by atoms with Gasteiger partial charge in [-0.3, -0.25) is 0 Å². The molecule has 5 atom stereocenters. The van der Waals surface area contributed by atoms with Crippen molar-refractivity contribution in [2.24, 2.45) is 5.92 Å². The summed E-state index contributed by atoms with van der Waals surface area (Å²) in [5.74, 6) is -0.575. The Balaban J connectivity index is 1.65. The number of aliphatic hydroxyl groups is 2. The van der Waals surface area contributed by atoms with E-state index < -0.39 is 29.1 Å². The van der Waals surface area contributed by atoms with Crippen LogP contribution < -0.4 is 9.47 Å². The summed E-state index contributed by atoms with van der Waals surface area (Å²) < 4.78 is 12.4. The number of aliphatic hydroxyl groups excluding tert-OH is 1. The van der Waals surface area contributed by atoms with Crippen molar-refractivity contribution >= 4 is 0 Å². The van der Waals surface area contributed by atoms with Crippen molar-refractivity contribution < 1.29 is 19.7 Å². The quantitative estimate of drug-likeness (QED) is 0.539. The van der Waals surface area contributed by atoms with Gasteiger partial charge in [0.1, 0.15) is 17.5 Å². The third-order valence-electron chi connectivity index (χ3n) is 8.45. The first-order valence-electron chi connectivity index (χ1n) is 12.8. The lowest BCUT2D eigenvalue weighted by molar-refractivity contribution is -0.152. The van der Waals surface area contributed by atoms with E-state index in [9.17, 15) is 20.7 Å². The largest absolute Gasteiger partial charge is 0.481 e. The molecule has 0 spiro atoms. The Morgan fingerprint density at radius 1 is 1.08 bits per heavy atom. The van der Waals surface area contributed by atoms with Gasteiger partial charge in [-0.15, -0.1) is 0 Å². The fourth-order valence-corrected chi connectivity index (χ4v) is 6.90. The normalized spacial score (nSPS) is 29.7. The number of benzene rings is 2. The number of hydrogen-bond acceptors (Lipinski definition) is 8. The van der Waals surface area contributed by atoms with E-state index in [1.165, 1.54) is 13.2 Å². The van der Waals surface area contributed by atoms with E-state index in [2.05, 4.69) is 16.0 Å². The van der Waals surface area contributed by atoms with Crippen LogP contribution in [-0.4, -0.2) is 52.9 Å². The first-order valence-corrected chi connectivity index (χ1v) is 12.8. The van der Waals surface area contributed by atoms with E-state index >= 15 is 0 Å². The zero-order chi connectivity index (χ0) is 26.5. The number of ether oxygens (including phenoxy) is 2. The highest BCUT2D eigenvalue weighted by molar-refractivity contribution is 5.60. The Hall–Kier alpha value is -3.95. The third-order valence-corrected chi connectivity index (χ3v) is 8.45. The van der Waals surface area contributed by atoms with Crippen LogP contribution in [0.4, 0.5) is 0 Å². The Morgan fingerprint density at radius 3 is 2.42 bits per heavy atom. The molecular weight excluding hydrogens is 480 g/mol. The predicted octanol–water partition coefficient (Wildman–Crippen LogP) is 3.18. The molecule has 0 bridgehead atoms. The minimum atomic E-state index is -1.95. The maximum Gasteiger partial charge on any atom is 0.224 e. The fraction of sp³-hybridized carbons (Fsp3) is 0.367. The van der Waals surface area contributed by atoms with Crippen molar-refractivity contribution in [2.45, 2.75) is 36.1 Å². The second-order valence-corrected chi connectivity index (χ2v) is 10.3. The number of pyridine rings is 1. The van der Waals surface area contributed by atoms with E-state index in [4.69, 9.17) is 9.47 Å². The molecule has 2 aromatic carbocycles. The van der Waals surface area contributed by atoms with Crippen LogP contribution in [-0.2, 0) is 11.2 Å². The molecule has 3 heterocycles. The Kier molecular flexibility index (Phi) is 5.85. The molecule has 0 unspecified atom stereocenters. The molecule has 3 aliphatic rings. The highest BCUT2D eigenvalue weighted by Crippen LogP contribution is 2.69. The molecule has 2 aliphatic heterocycles. The minimum Gasteiger partial charge on any atom is -0.481 e. The molecule has 8 nitrogen and oxygen atoms in total. The smallest absolute Gasteiger partial charge is 0.224 e. The Morgan fingerprint density at radius 2 is 1.79 bits per heavy atom. The summed E-state index contributed by atoms with van der Waals surface area (Å²) in [6.45, 7) is 2.44. The van der Waals surface area contributed by atoms with Crippen molar-refractivity contribution in [2.75, 3.05) is 26.7 Å². The fourth-order valence-electron chi connectivity index (χ4n) is 6.90. The highest BCUT2D eigenvalue weighted by Gasteiger charge is 2.77. The van der Waals surface area contributed by atoms with Crippen molar-refractivity contribution in [1.29, 1.82) is 10.5 Å². The van der Waals surface area contributed by atoms with Gasteiger partial charge >= 0.3 is 0 Å². The molecule has 0 amide bonds. The number of methoxy groups -OCH3 is 1. The van der Waals surface area contributed by atoms with Crippen molar-refractivity contribution in [1.82, 2.24) is 9.88 Å². The molecule has 1 aromatic heterocycles. The lowest BCUT2D eigenvalue weighted by Gasteiger charge is -2.41. The van der Waals surface area contributed by atoms with Crippen LogP contribution in [0.2, 0.25) is 0 Å². The number of fused-ring (bicyclic) bond motifs is 3. The average molecular weight is 509 g/mol. The highest BCUT2D eigenvalue weighted by atomic mass is 16.5. The second kappa shape index (κ2) is 9.11. The monoisotopic (exact) mass is 508 g/mol. The van der Waals surface area contributed by atoms with E-state index in [0.29, 0.717) is 17.7 Å². The molecule has 6 rings (SSSR count). The van der Waals surface area contributed by atoms with Crippen LogP contribution in [0.5, 0.6) is 11.6 Å². The van der Waals surface area contributed by atoms with Crippen LogP contribution in [0.25, 0.3) is 0 Å². The van der Waals surface area contributed by atoms with Crippen LogP contribution in [0.15, 0.2) is 60.7 Å². The summed E-state index contributed by atoms with van der Waals surface area (Å²) in [5.41, 5.74) is -1.10. The summed E-state index contributed by atoms with van der Waals surface area (Å²) in [5, 5.41) is 44.1. The number of nitriles is 2. The Bertz CT molecular complexity index is 1440. The average Bonchev–Trinajstić information content (AvgIpc) is 3.61. The topological polar surface area (TPSA) is 123 Å². The zero-order valence-corrected chi connectivity index (χ0v) is 21.0. The van der Waals surface area contributed by atoms with Gasteiger partial charge in [0.15, 0.2) is 11.2 Å². The first kappa shape index (κ1) is 24.4. The standard InChI is InChI=1S/C30H28N4O4/c1-37-28-26-24(15-22(17-32)33-28)38-30(21-11-9-19(16-31)10-12-21)25(20-7-3-2-4-8-20)23(27(35)29(26,30)36)18-34-13-5-6-14-34/h2-4,7-12,15,23,25,27,35-36H,5-6,13-14,18H2,1H3/t23-,25-,27-,29+,30+/m1/s1. The van der Waals surface area contributed by atoms with Crippen molar-refractivity contribution in [3.63, 3.8) is 0 Å². The molecule has 3 aromatic rings. The number of likely N-dealkylation sites (tertiary alicyclic amines) is 1. The van der Waals surface area contributed by atoms with Gasteiger partial charge in [0.2, 0.25) is 5.88 Å². The SMILES string of the molecule is COc1nc(C#N)cc2c1[C@]1(O)[C@H](O)[C@H](CN3CCCC3)[C@@H](c3ccccc3)[C@]1(c1ccc(C#N)cc1)O2. The van der Waals surface area contributed by atoms with Crippen molar-refractivity contribution in [3.8, 4) is 23.8 Å². The maximum atomic E-state index is 12.9. The molecule has 2 N–H and O–H groups in total.